The van der Waals surface area contributed by atoms with Crippen LogP contribution < -0.4 is 5.73 Å². The summed E-state index contributed by atoms with van der Waals surface area (Å²) in [6, 6.07) is 1.14. The molecule has 0 radical (unpaired) electrons. The molecule has 1 aromatic heterocycles. The predicted octanol–water partition coefficient (Wildman–Crippen LogP) is 1.90. The smallest absolute Gasteiger partial charge is 0.0945 e. The molecule has 1 aliphatic rings. The largest absolute Gasteiger partial charge is 0.337 e. The van der Waals surface area contributed by atoms with E-state index in [1.807, 2.05) is 12.5 Å². The van der Waals surface area contributed by atoms with Gasteiger partial charge in [-0.25, -0.2) is 4.98 Å². The van der Waals surface area contributed by atoms with Crippen molar-refractivity contribution in [2.24, 2.45) is 12.8 Å². The van der Waals surface area contributed by atoms with Gasteiger partial charge in [0.25, 0.3) is 0 Å². The molecule has 0 aromatic carbocycles. The molecule has 0 aliphatic heterocycles. The Hall–Kier alpha value is -0.870. The van der Waals surface area contributed by atoms with Crippen LogP contribution in [0.3, 0.4) is 0 Å². The summed E-state index contributed by atoms with van der Waals surface area (Å²) in [5.41, 5.74) is 7.30. The Morgan fingerprint density at radius 1 is 1.39 bits per heavy atom. The van der Waals surface area contributed by atoms with E-state index in [1.165, 1.54) is 44.3 Å². The highest BCUT2D eigenvalue weighted by Gasteiger charge is 2.24. The van der Waals surface area contributed by atoms with Gasteiger partial charge in [0.2, 0.25) is 0 Å². The summed E-state index contributed by atoms with van der Waals surface area (Å²) in [6.45, 7) is 4.44. The summed E-state index contributed by atoms with van der Waals surface area (Å²) in [5, 5.41) is 0. The summed E-state index contributed by atoms with van der Waals surface area (Å²) in [7, 11) is 2.07. The zero-order chi connectivity index (χ0) is 13.0. The normalized spacial score (nSPS) is 24.7. The van der Waals surface area contributed by atoms with Crippen LogP contribution in [0.15, 0.2) is 12.5 Å². The molecular weight excluding hydrogens is 224 g/mol. The van der Waals surface area contributed by atoms with E-state index >= 15 is 0 Å². The minimum Gasteiger partial charge on any atom is -0.337 e. The van der Waals surface area contributed by atoms with Gasteiger partial charge >= 0.3 is 0 Å². The van der Waals surface area contributed by atoms with Crippen molar-refractivity contribution in [1.29, 1.82) is 0 Å². The first-order valence-electron chi connectivity index (χ1n) is 7.15. The molecule has 102 valence electrons. The second kappa shape index (κ2) is 6.34. The van der Waals surface area contributed by atoms with Gasteiger partial charge in [-0.15, -0.1) is 0 Å². The Morgan fingerprint density at radius 3 is 2.67 bits per heavy atom. The van der Waals surface area contributed by atoms with Crippen LogP contribution >= 0.6 is 0 Å². The van der Waals surface area contributed by atoms with Gasteiger partial charge in [-0.05, 0) is 38.6 Å². The molecule has 0 saturated heterocycles. The van der Waals surface area contributed by atoms with Crippen LogP contribution in [-0.2, 0) is 13.6 Å². The molecule has 1 aromatic rings. The zero-order valence-electron chi connectivity index (χ0n) is 11.7. The van der Waals surface area contributed by atoms with Crippen LogP contribution in [0.25, 0.3) is 0 Å². The summed E-state index contributed by atoms with van der Waals surface area (Å²) in [5.74, 6) is 0. The van der Waals surface area contributed by atoms with Crippen LogP contribution in [0.2, 0.25) is 0 Å². The Morgan fingerprint density at radius 2 is 2.11 bits per heavy atom. The zero-order valence-corrected chi connectivity index (χ0v) is 11.7. The number of nitrogens with zero attached hydrogens (tertiary/aromatic N) is 3. The van der Waals surface area contributed by atoms with Gasteiger partial charge in [0.05, 0.1) is 12.0 Å². The lowest BCUT2D eigenvalue weighted by Gasteiger charge is -2.36. The van der Waals surface area contributed by atoms with Gasteiger partial charge in [0.1, 0.15) is 0 Å². The minimum atomic E-state index is 0.432. The molecule has 1 saturated carbocycles. The second-order valence-electron chi connectivity index (χ2n) is 5.53. The predicted molar refractivity (Wildman–Crippen MR) is 74.1 cm³/mol. The third-order valence-corrected chi connectivity index (χ3v) is 4.05. The SMILES string of the molecule is CCCN(Cc1cncn1C)C1CCC(N)CC1. The molecule has 0 unspecified atom stereocenters. The molecule has 4 nitrogen and oxygen atoms in total. The number of rotatable bonds is 5. The molecule has 2 rings (SSSR count). The molecule has 0 atom stereocenters. The first-order chi connectivity index (χ1) is 8.70. The van der Waals surface area contributed by atoms with Crippen molar-refractivity contribution in [3.05, 3.63) is 18.2 Å². The fourth-order valence-corrected chi connectivity index (χ4v) is 2.89. The molecule has 18 heavy (non-hydrogen) atoms. The van der Waals surface area contributed by atoms with E-state index in [0.717, 1.165) is 6.54 Å². The molecule has 0 amide bonds. The third-order valence-electron chi connectivity index (χ3n) is 4.05. The number of aryl methyl sites for hydroxylation is 1. The second-order valence-corrected chi connectivity index (χ2v) is 5.53. The third kappa shape index (κ3) is 3.33. The van der Waals surface area contributed by atoms with E-state index in [1.54, 1.807) is 0 Å². The summed E-state index contributed by atoms with van der Waals surface area (Å²) < 4.78 is 2.12. The molecule has 1 aliphatic carbocycles. The quantitative estimate of drug-likeness (QED) is 0.868. The summed E-state index contributed by atoms with van der Waals surface area (Å²) in [4.78, 5) is 6.82. The average Bonchev–Trinajstić information content (AvgIpc) is 2.76. The number of nitrogens with two attached hydrogens (primary N) is 1. The van der Waals surface area contributed by atoms with Crippen molar-refractivity contribution in [3.8, 4) is 0 Å². The molecule has 2 N–H and O–H groups in total. The Balaban J connectivity index is 1.97. The van der Waals surface area contributed by atoms with E-state index in [0.29, 0.717) is 12.1 Å². The monoisotopic (exact) mass is 250 g/mol. The number of hydrogen-bond donors (Lipinski definition) is 1. The topological polar surface area (TPSA) is 47.1 Å². The maximum Gasteiger partial charge on any atom is 0.0945 e. The van der Waals surface area contributed by atoms with E-state index in [2.05, 4.69) is 28.4 Å². The van der Waals surface area contributed by atoms with E-state index < -0.39 is 0 Å². The van der Waals surface area contributed by atoms with Crippen molar-refractivity contribution >= 4 is 0 Å². The number of imidazole rings is 1. The molecular formula is C14H26N4. The lowest BCUT2D eigenvalue weighted by molar-refractivity contribution is 0.139. The maximum atomic E-state index is 6.00. The summed E-state index contributed by atoms with van der Waals surface area (Å²) >= 11 is 0. The van der Waals surface area contributed by atoms with Gasteiger partial charge in [-0.3, -0.25) is 4.90 Å². The fraction of sp³-hybridized carbons (Fsp3) is 0.786. The van der Waals surface area contributed by atoms with Gasteiger partial charge in [-0.2, -0.15) is 0 Å². The van der Waals surface area contributed by atoms with Crippen molar-refractivity contribution in [2.75, 3.05) is 6.54 Å². The standard InChI is InChI=1S/C14H26N4/c1-3-8-18(10-14-9-16-11-17(14)2)13-6-4-12(15)5-7-13/h9,11-13H,3-8,10,15H2,1-2H3. The molecule has 0 spiro atoms. The van der Waals surface area contributed by atoms with Gasteiger partial charge in [0.15, 0.2) is 0 Å². The van der Waals surface area contributed by atoms with Crippen molar-refractivity contribution in [3.63, 3.8) is 0 Å². The first kappa shape index (κ1) is 13.6. The highest BCUT2D eigenvalue weighted by Crippen LogP contribution is 2.23. The van der Waals surface area contributed by atoms with Crippen molar-refractivity contribution < 1.29 is 0 Å². The van der Waals surface area contributed by atoms with Gasteiger partial charge < -0.3 is 10.3 Å². The van der Waals surface area contributed by atoms with Gasteiger partial charge in [0, 0.05) is 31.9 Å². The van der Waals surface area contributed by atoms with Crippen LogP contribution in [0.5, 0.6) is 0 Å². The van der Waals surface area contributed by atoms with E-state index in [9.17, 15) is 0 Å². The maximum absolute atomic E-state index is 6.00. The molecule has 4 heteroatoms. The lowest BCUT2D eigenvalue weighted by Crippen LogP contribution is -2.41. The lowest BCUT2D eigenvalue weighted by atomic mass is 9.90. The van der Waals surface area contributed by atoms with Crippen LogP contribution in [0.1, 0.15) is 44.7 Å². The Bertz CT molecular complexity index is 352. The minimum absolute atomic E-state index is 0.432. The van der Waals surface area contributed by atoms with Gasteiger partial charge in [-0.1, -0.05) is 6.92 Å². The Kier molecular flexibility index (Phi) is 4.78. The molecule has 0 bridgehead atoms. The Labute approximate surface area is 110 Å². The average molecular weight is 250 g/mol. The van der Waals surface area contributed by atoms with Crippen molar-refractivity contribution in [2.45, 2.75) is 57.7 Å². The van der Waals surface area contributed by atoms with Crippen LogP contribution in [0, 0.1) is 0 Å². The highest BCUT2D eigenvalue weighted by atomic mass is 15.2. The van der Waals surface area contributed by atoms with Crippen LogP contribution in [0.4, 0.5) is 0 Å². The van der Waals surface area contributed by atoms with Crippen LogP contribution in [-0.4, -0.2) is 33.1 Å². The molecule has 1 fully saturated rings. The van der Waals surface area contributed by atoms with E-state index in [-0.39, 0.29) is 0 Å². The highest BCUT2D eigenvalue weighted by molar-refractivity contribution is 4.98. The summed E-state index contributed by atoms with van der Waals surface area (Å²) in [6.07, 6.45) is 9.93. The van der Waals surface area contributed by atoms with E-state index in [4.69, 9.17) is 5.73 Å². The number of aromatic nitrogens is 2. The van der Waals surface area contributed by atoms with Crippen molar-refractivity contribution in [1.82, 2.24) is 14.5 Å². The number of hydrogen-bond acceptors (Lipinski definition) is 3. The first-order valence-corrected chi connectivity index (χ1v) is 7.15. The fourth-order valence-electron chi connectivity index (χ4n) is 2.89. The molecule has 1 heterocycles.